The van der Waals surface area contributed by atoms with E-state index in [0.29, 0.717) is 0 Å². The summed E-state index contributed by atoms with van der Waals surface area (Å²) >= 11 is 3.43. The van der Waals surface area contributed by atoms with Crippen LogP contribution in [0, 0.1) is 0 Å². The van der Waals surface area contributed by atoms with Crippen LogP contribution in [0.15, 0.2) is 27.8 Å². The number of nitrogens with one attached hydrogen (secondary N) is 1. The van der Waals surface area contributed by atoms with Crippen molar-refractivity contribution in [3.05, 3.63) is 28.2 Å². The predicted octanol–water partition coefficient (Wildman–Crippen LogP) is 2.56. The van der Waals surface area contributed by atoms with Crippen molar-refractivity contribution in [2.45, 2.75) is 26.3 Å². The lowest BCUT2D eigenvalue weighted by Gasteiger charge is -2.16. The maximum absolute atomic E-state index is 8.57. The molecule has 4 N–H and O–H groups in total. The molecule has 0 aliphatic heterocycles. The van der Waals surface area contributed by atoms with Gasteiger partial charge in [0.25, 0.3) is 0 Å². The van der Waals surface area contributed by atoms with E-state index in [0.717, 1.165) is 16.6 Å². The minimum absolute atomic E-state index is 0.171. The first kappa shape index (κ1) is 12.8. The summed E-state index contributed by atoms with van der Waals surface area (Å²) in [5, 5.41) is 14.8. The molecule has 1 atom stereocenters. The Balaban J connectivity index is 2.88. The van der Waals surface area contributed by atoms with E-state index in [9.17, 15) is 0 Å². The Morgan fingerprint density at radius 1 is 1.62 bits per heavy atom. The van der Waals surface area contributed by atoms with E-state index in [1.54, 1.807) is 0 Å². The van der Waals surface area contributed by atoms with Crippen LogP contribution in [-0.4, -0.2) is 17.1 Å². The first-order valence-corrected chi connectivity index (χ1v) is 5.90. The fourth-order valence-corrected chi connectivity index (χ4v) is 1.80. The van der Waals surface area contributed by atoms with Crippen molar-refractivity contribution >= 4 is 27.5 Å². The van der Waals surface area contributed by atoms with Gasteiger partial charge in [-0.05, 0) is 37.1 Å². The van der Waals surface area contributed by atoms with Crippen molar-refractivity contribution in [1.29, 1.82) is 0 Å². The van der Waals surface area contributed by atoms with E-state index in [1.807, 2.05) is 19.1 Å². The van der Waals surface area contributed by atoms with Crippen LogP contribution in [0.25, 0.3) is 0 Å². The minimum Gasteiger partial charge on any atom is -0.409 e. The third-order valence-corrected chi connectivity index (χ3v) is 2.87. The molecule has 0 fully saturated rings. The lowest BCUT2D eigenvalue weighted by atomic mass is 10.1. The highest BCUT2D eigenvalue weighted by Gasteiger charge is 2.09. The largest absolute Gasteiger partial charge is 0.409 e. The van der Waals surface area contributed by atoms with Crippen LogP contribution in [0.4, 0.5) is 5.69 Å². The maximum atomic E-state index is 8.57. The van der Waals surface area contributed by atoms with Gasteiger partial charge in [-0.1, -0.05) is 28.0 Å². The van der Waals surface area contributed by atoms with Gasteiger partial charge >= 0.3 is 0 Å². The molecule has 1 unspecified atom stereocenters. The van der Waals surface area contributed by atoms with Crippen molar-refractivity contribution < 1.29 is 5.21 Å². The predicted molar refractivity (Wildman–Crippen MR) is 70.0 cm³/mol. The lowest BCUT2D eigenvalue weighted by Crippen LogP contribution is -2.33. The van der Waals surface area contributed by atoms with E-state index in [1.165, 1.54) is 5.56 Å². The average molecular weight is 286 g/mol. The molecule has 0 saturated heterocycles. The molecule has 1 aromatic rings. The number of aryl methyl sites for hydroxylation is 1. The van der Waals surface area contributed by atoms with Gasteiger partial charge in [-0.15, -0.1) is 0 Å². The number of halogens is 1. The van der Waals surface area contributed by atoms with Gasteiger partial charge < -0.3 is 16.3 Å². The summed E-state index contributed by atoms with van der Waals surface area (Å²) in [7, 11) is 0. The number of hydrogen-bond donors (Lipinski definition) is 3. The van der Waals surface area contributed by atoms with E-state index in [4.69, 9.17) is 10.9 Å². The zero-order valence-corrected chi connectivity index (χ0v) is 11.0. The van der Waals surface area contributed by atoms with Gasteiger partial charge in [-0.25, -0.2) is 0 Å². The topological polar surface area (TPSA) is 70.6 Å². The molecule has 0 aliphatic carbocycles. The fraction of sp³-hybridized carbons (Fsp3) is 0.364. The number of benzene rings is 1. The van der Waals surface area contributed by atoms with Crippen molar-refractivity contribution in [2.24, 2.45) is 10.9 Å². The minimum atomic E-state index is -0.198. The van der Waals surface area contributed by atoms with Gasteiger partial charge in [0, 0.05) is 10.2 Å². The Labute approximate surface area is 104 Å². The van der Waals surface area contributed by atoms with Crippen LogP contribution in [0.2, 0.25) is 0 Å². The first-order chi connectivity index (χ1) is 7.58. The zero-order valence-electron chi connectivity index (χ0n) is 9.37. The second-order valence-electron chi connectivity index (χ2n) is 3.55. The van der Waals surface area contributed by atoms with Gasteiger partial charge in [0.1, 0.15) is 0 Å². The van der Waals surface area contributed by atoms with Gasteiger partial charge in [-0.2, -0.15) is 0 Å². The lowest BCUT2D eigenvalue weighted by molar-refractivity contribution is 0.316. The molecule has 88 valence electrons. The number of rotatable bonds is 4. The summed E-state index contributed by atoms with van der Waals surface area (Å²) in [5.74, 6) is 0.171. The Kier molecular flexibility index (Phi) is 4.61. The van der Waals surface area contributed by atoms with Crippen LogP contribution in [-0.2, 0) is 6.42 Å². The van der Waals surface area contributed by atoms with Crippen molar-refractivity contribution in [3.8, 4) is 0 Å². The Morgan fingerprint density at radius 3 is 2.88 bits per heavy atom. The first-order valence-electron chi connectivity index (χ1n) is 5.10. The maximum Gasteiger partial charge on any atom is 0.161 e. The van der Waals surface area contributed by atoms with Crippen LogP contribution in [0.1, 0.15) is 19.4 Å². The molecule has 1 rings (SSSR count). The van der Waals surface area contributed by atoms with Crippen LogP contribution in [0.5, 0.6) is 0 Å². The molecule has 0 amide bonds. The normalized spacial score (nSPS) is 13.6. The second-order valence-corrected chi connectivity index (χ2v) is 4.46. The molecule has 0 heterocycles. The SMILES string of the molecule is CCc1cc(Br)ccc1NC(C)/C(N)=N/O. The molecular formula is C11H16BrN3O. The molecule has 0 aliphatic rings. The summed E-state index contributed by atoms with van der Waals surface area (Å²) in [6, 6.07) is 5.79. The van der Waals surface area contributed by atoms with Crippen LogP contribution in [0.3, 0.4) is 0 Å². The van der Waals surface area contributed by atoms with E-state index in [-0.39, 0.29) is 11.9 Å². The van der Waals surface area contributed by atoms with E-state index >= 15 is 0 Å². The van der Waals surface area contributed by atoms with Crippen molar-refractivity contribution in [1.82, 2.24) is 0 Å². The summed E-state index contributed by atoms with van der Waals surface area (Å²) in [5.41, 5.74) is 7.71. The monoisotopic (exact) mass is 285 g/mol. The molecule has 1 aromatic carbocycles. The molecule has 4 nitrogen and oxygen atoms in total. The Morgan fingerprint density at radius 2 is 2.31 bits per heavy atom. The van der Waals surface area contributed by atoms with Crippen LogP contribution < -0.4 is 11.1 Å². The summed E-state index contributed by atoms with van der Waals surface area (Å²) in [4.78, 5) is 0. The quantitative estimate of drug-likeness (QED) is 0.345. The number of nitrogens with two attached hydrogens (primary N) is 1. The molecule has 0 bridgehead atoms. The molecule has 0 radical (unpaired) electrons. The van der Waals surface area contributed by atoms with Gasteiger partial charge in [-0.3, -0.25) is 0 Å². The summed E-state index contributed by atoms with van der Waals surface area (Å²) in [6.07, 6.45) is 0.921. The molecular weight excluding hydrogens is 270 g/mol. The highest BCUT2D eigenvalue weighted by molar-refractivity contribution is 9.10. The fourth-order valence-electron chi connectivity index (χ4n) is 1.39. The van der Waals surface area contributed by atoms with Gasteiger partial charge in [0.15, 0.2) is 5.84 Å². The molecule has 5 heteroatoms. The van der Waals surface area contributed by atoms with E-state index in [2.05, 4.69) is 39.4 Å². The van der Waals surface area contributed by atoms with E-state index < -0.39 is 0 Å². The molecule has 0 saturated carbocycles. The Hall–Kier alpha value is -1.23. The summed E-state index contributed by atoms with van der Waals surface area (Å²) < 4.78 is 1.05. The second kappa shape index (κ2) is 5.75. The number of amidine groups is 1. The third kappa shape index (κ3) is 3.13. The average Bonchev–Trinajstić information content (AvgIpc) is 2.30. The van der Waals surface area contributed by atoms with Crippen molar-refractivity contribution in [2.75, 3.05) is 5.32 Å². The number of anilines is 1. The smallest absolute Gasteiger partial charge is 0.161 e. The number of oxime groups is 1. The summed E-state index contributed by atoms with van der Waals surface area (Å²) in [6.45, 7) is 3.93. The third-order valence-electron chi connectivity index (χ3n) is 2.38. The molecule has 16 heavy (non-hydrogen) atoms. The zero-order chi connectivity index (χ0) is 12.1. The highest BCUT2D eigenvalue weighted by Crippen LogP contribution is 2.22. The van der Waals surface area contributed by atoms with Gasteiger partial charge in [0.05, 0.1) is 6.04 Å². The Bertz CT molecular complexity index is 393. The number of hydrogen-bond acceptors (Lipinski definition) is 3. The molecule has 0 aromatic heterocycles. The number of nitrogens with zero attached hydrogens (tertiary/aromatic N) is 1. The highest BCUT2D eigenvalue weighted by atomic mass is 79.9. The van der Waals surface area contributed by atoms with Crippen molar-refractivity contribution in [3.63, 3.8) is 0 Å². The molecule has 0 spiro atoms. The van der Waals surface area contributed by atoms with Gasteiger partial charge in [0.2, 0.25) is 0 Å². The van der Waals surface area contributed by atoms with Crippen LogP contribution >= 0.6 is 15.9 Å². The standard InChI is InChI=1S/C11H16BrN3O/c1-3-8-6-9(12)4-5-10(8)14-7(2)11(13)15-16/h4-7,14,16H,3H2,1-2H3,(H2,13,15).